The summed E-state index contributed by atoms with van der Waals surface area (Å²) in [6.45, 7) is 2.11. The molecule has 2 aromatic carbocycles. The van der Waals surface area contributed by atoms with Crippen LogP contribution in [0.15, 0.2) is 36.4 Å². The van der Waals surface area contributed by atoms with Crippen molar-refractivity contribution < 1.29 is 0 Å². The van der Waals surface area contributed by atoms with E-state index in [0.29, 0.717) is 20.1 Å². The maximum Gasteiger partial charge on any atom is 0.0423 e. The molecule has 0 saturated carbocycles. The molecule has 0 nitrogen and oxygen atoms in total. The van der Waals surface area contributed by atoms with Crippen molar-refractivity contribution in [3.63, 3.8) is 0 Å². The fraction of sp³-hybridized carbons (Fsp3) is 0.200. The molecule has 0 heterocycles. The molecule has 0 aliphatic heterocycles. The molecule has 0 amide bonds. The van der Waals surface area contributed by atoms with Gasteiger partial charge in [0.25, 0.3) is 0 Å². The predicted molar refractivity (Wildman–Crippen MR) is 85.1 cm³/mol. The average molecular weight is 334 g/mol. The lowest BCUT2D eigenvalue weighted by Crippen LogP contribution is -2.00. The van der Waals surface area contributed by atoms with Crippen molar-refractivity contribution in [1.29, 1.82) is 0 Å². The van der Waals surface area contributed by atoms with E-state index >= 15 is 0 Å². The predicted octanol–water partition coefficient (Wildman–Crippen LogP) is 6.84. The first-order valence-electron chi connectivity index (χ1n) is 5.91. The zero-order valence-electron chi connectivity index (χ0n) is 10.3. The zero-order chi connectivity index (χ0) is 14.0. The topological polar surface area (TPSA) is 0 Å². The number of hydrogen-bond donors (Lipinski definition) is 0. The molecule has 0 unspecified atom stereocenters. The van der Waals surface area contributed by atoms with Crippen LogP contribution in [0.1, 0.15) is 30.4 Å². The van der Waals surface area contributed by atoms with Gasteiger partial charge in [-0.25, -0.2) is 0 Å². The molecule has 0 N–H and O–H groups in total. The summed E-state index contributed by atoms with van der Waals surface area (Å²) in [5.41, 5.74) is 2.14. The summed E-state index contributed by atoms with van der Waals surface area (Å²) in [5.74, 6) is 0.174. The summed E-state index contributed by atoms with van der Waals surface area (Å²) in [4.78, 5) is 0. The molecule has 4 heteroatoms. The Kier molecular flexibility index (Phi) is 5.03. The maximum atomic E-state index is 6.06. The van der Waals surface area contributed by atoms with Crippen molar-refractivity contribution in [3.8, 4) is 0 Å². The van der Waals surface area contributed by atoms with Gasteiger partial charge >= 0.3 is 0 Å². The Hall–Kier alpha value is -0.400. The highest BCUT2D eigenvalue weighted by atomic mass is 35.5. The molecule has 0 atom stereocenters. The minimum Gasteiger partial charge on any atom is -0.0843 e. The van der Waals surface area contributed by atoms with Gasteiger partial charge in [-0.2, -0.15) is 0 Å². The van der Waals surface area contributed by atoms with Crippen molar-refractivity contribution in [2.75, 3.05) is 0 Å². The zero-order valence-corrected chi connectivity index (χ0v) is 13.3. The van der Waals surface area contributed by atoms with Gasteiger partial charge in [0.05, 0.1) is 0 Å². The van der Waals surface area contributed by atoms with E-state index in [4.69, 9.17) is 46.4 Å². The number of hydrogen-bond acceptors (Lipinski definition) is 0. The minimum absolute atomic E-state index is 0.174. The largest absolute Gasteiger partial charge is 0.0843 e. The molecule has 0 radical (unpaired) electrons. The maximum absolute atomic E-state index is 6.06. The summed E-state index contributed by atoms with van der Waals surface area (Å²) in [6.07, 6.45) is 0.910. The van der Waals surface area contributed by atoms with Crippen LogP contribution < -0.4 is 0 Å². The molecule has 0 spiro atoms. The summed E-state index contributed by atoms with van der Waals surface area (Å²) in [7, 11) is 0. The third-order valence-corrected chi connectivity index (χ3v) is 3.86. The van der Waals surface area contributed by atoms with Gasteiger partial charge in [0.15, 0.2) is 0 Å². The summed E-state index contributed by atoms with van der Waals surface area (Å²) < 4.78 is 0. The van der Waals surface area contributed by atoms with Crippen molar-refractivity contribution in [1.82, 2.24) is 0 Å². The highest BCUT2D eigenvalue weighted by Gasteiger charge is 2.14. The number of benzene rings is 2. The first-order chi connectivity index (χ1) is 8.99. The monoisotopic (exact) mass is 332 g/mol. The van der Waals surface area contributed by atoms with Gasteiger partial charge in [0, 0.05) is 26.0 Å². The van der Waals surface area contributed by atoms with E-state index in [0.717, 1.165) is 17.5 Å². The Labute approximate surface area is 133 Å². The third-order valence-electron chi connectivity index (χ3n) is 2.98. The molecule has 2 aromatic rings. The highest BCUT2D eigenvalue weighted by Crippen LogP contribution is 2.34. The lowest BCUT2D eigenvalue weighted by atomic mass is 9.89. The van der Waals surface area contributed by atoms with Crippen LogP contribution in [-0.2, 0) is 0 Å². The SMILES string of the molecule is CCC(c1cc(Cl)cc(Cl)c1)c1cc(Cl)cc(Cl)c1. The fourth-order valence-electron chi connectivity index (χ4n) is 2.22. The van der Waals surface area contributed by atoms with E-state index in [2.05, 4.69) is 6.92 Å². The van der Waals surface area contributed by atoms with Crippen LogP contribution in [0.4, 0.5) is 0 Å². The Morgan fingerprint density at radius 1 is 0.684 bits per heavy atom. The number of halogens is 4. The molecule has 0 aromatic heterocycles. The summed E-state index contributed by atoms with van der Waals surface area (Å²) in [5, 5.41) is 2.53. The summed E-state index contributed by atoms with van der Waals surface area (Å²) in [6, 6.07) is 11.2. The molecule has 2 rings (SSSR count). The normalized spacial score (nSPS) is 11.1. The van der Waals surface area contributed by atoms with E-state index in [1.165, 1.54) is 0 Å². The quantitative estimate of drug-likeness (QED) is 0.576. The smallest absolute Gasteiger partial charge is 0.0423 e. The Balaban J connectivity index is 2.49. The van der Waals surface area contributed by atoms with Gasteiger partial charge in [-0.3, -0.25) is 0 Å². The first kappa shape index (κ1) is 15.0. The van der Waals surface area contributed by atoms with Crippen LogP contribution in [0, 0.1) is 0 Å². The fourth-order valence-corrected chi connectivity index (χ4v) is 3.30. The molecule has 0 bridgehead atoms. The van der Waals surface area contributed by atoms with E-state index in [1.807, 2.05) is 24.3 Å². The third kappa shape index (κ3) is 3.79. The molecule has 0 aliphatic rings. The standard InChI is InChI=1S/C15H12Cl4/c1-2-15(9-3-11(16)7-12(17)4-9)10-5-13(18)8-14(19)6-10/h3-8,15H,2H2,1H3. The molecule has 0 fully saturated rings. The van der Waals surface area contributed by atoms with Gasteiger partial charge in [-0.1, -0.05) is 53.3 Å². The molecule has 19 heavy (non-hydrogen) atoms. The lowest BCUT2D eigenvalue weighted by molar-refractivity contribution is 0.777. The van der Waals surface area contributed by atoms with Crippen LogP contribution in [0.25, 0.3) is 0 Å². The second-order valence-electron chi connectivity index (χ2n) is 4.37. The van der Waals surface area contributed by atoms with E-state index in [-0.39, 0.29) is 5.92 Å². The van der Waals surface area contributed by atoms with Gasteiger partial charge in [-0.05, 0) is 53.9 Å². The van der Waals surface area contributed by atoms with Crippen molar-refractivity contribution in [2.24, 2.45) is 0 Å². The lowest BCUT2D eigenvalue weighted by Gasteiger charge is -2.17. The van der Waals surface area contributed by atoms with Crippen LogP contribution in [-0.4, -0.2) is 0 Å². The van der Waals surface area contributed by atoms with Crippen molar-refractivity contribution in [3.05, 3.63) is 67.6 Å². The second-order valence-corrected chi connectivity index (χ2v) is 6.11. The van der Waals surface area contributed by atoms with E-state index < -0.39 is 0 Å². The van der Waals surface area contributed by atoms with Gasteiger partial charge < -0.3 is 0 Å². The van der Waals surface area contributed by atoms with E-state index in [1.54, 1.807) is 12.1 Å². The Bertz CT molecular complexity index is 501. The van der Waals surface area contributed by atoms with Gasteiger partial charge in [-0.15, -0.1) is 0 Å². The second kappa shape index (κ2) is 6.37. The molecule has 0 aliphatic carbocycles. The first-order valence-corrected chi connectivity index (χ1v) is 7.42. The van der Waals surface area contributed by atoms with Crippen LogP contribution in [0.3, 0.4) is 0 Å². The molecular formula is C15H12Cl4. The van der Waals surface area contributed by atoms with Crippen molar-refractivity contribution >= 4 is 46.4 Å². The van der Waals surface area contributed by atoms with Gasteiger partial charge in [0.2, 0.25) is 0 Å². The highest BCUT2D eigenvalue weighted by molar-refractivity contribution is 6.35. The Morgan fingerprint density at radius 3 is 1.26 bits per heavy atom. The number of rotatable bonds is 3. The van der Waals surface area contributed by atoms with Crippen LogP contribution >= 0.6 is 46.4 Å². The molecular weight excluding hydrogens is 322 g/mol. The van der Waals surface area contributed by atoms with Gasteiger partial charge in [0.1, 0.15) is 0 Å². The van der Waals surface area contributed by atoms with Crippen molar-refractivity contribution in [2.45, 2.75) is 19.3 Å². The van der Waals surface area contributed by atoms with E-state index in [9.17, 15) is 0 Å². The Morgan fingerprint density at radius 2 is 1.00 bits per heavy atom. The average Bonchev–Trinajstić information content (AvgIpc) is 2.27. The molecule has 0 saturated heterocycles. The minimum atomic E-state index is 0.174. The van der Waals surface area contributed by atoms with Crippen LogP contribution in [0.2, 0.25) is 20.1 Å². The summed E-state index contributed by atoms with van der Waals surface area (Å²) >= 11 is 24.3. The van der Waals surface area contributed by atoms with Crippen LogP contribution in [0.5, 0.6) is 0 Å². The molecule has 100 valence electrons.